The highest BCUT2D eigenvalue weighted by Gasteiger charge is 1.99. The van der Waals surface area contributed by atoms with Gasteiger partial charge in [0.05, 0.1) is 6.33 Å². The molecule has 0 N–H and O–H groups in total. The number of fused-ring (bicyclic) bond motifs is 1. The summed E-state index contributed by atoms with van der Waals surface area (Å²) >= 11 is 0. The fraction of sp³-hybridized carbons (Fsp3) is 0.0909. The van der Waals surface area contributed by atoms with E-state index in [1.165, 1.54) is 6.08 Å². The minimum Gasteiger partial charge on any atom is -0.461 e. The first kappa shape index (κ1) is 8.05. The van der Waals surface area contributed by atoms with E-state index < -0.39 is 0 Å². The van der Waals surface area contributed by atoms with Crippen LogP contribution in [0.4, 0.5) is 4.39 Å². The standard InChI is InChI=1S/C11H9FO/c12-7-3-5-10-8-9-4-1-2-6-11(9)13-10/h1-4,6-8H,5H2. The van der Waals surface area contributed by atoms with Crippen LogP contribution in [0, 0.1) is 0 Å². The van der Waals surface area contributed by atoms with E-state index in [0.717, 1.165) is 16.7 Å². The number of benzene rings is 1. The molecule has 1 nitrogen and oxygen atoms in total. The number of rotatable bonds is 2. The summed E-state index contributed by atoms with van der Waals surface area (Å²) in [6, 6.07) is 9.67. The Morgan fingerprint density at radius 3 is 2.92 bits per heavy atom. The summed E-state index contributed by atoms with van der Waals surface area (Å²) in [6.45, 7) is 0. The number of para-hydroxylation sites is 1. The number of hydrogen-bond acceptors (Lipinski definition) is 1. The normalized spacial score (nSPS) is 11.5. The quantitative estimate of drug-likeness (QED) is 0.682. The van der Waals surface area contributed by atoms with E-state index in [1.807, 2.05) is 30.3 Å². The second-order valence-electron chi connectivity index (χ2n) is 2.82. The second-order valence-corrected chi connectivity index (χ2v) is 2.82. The van der Waals surface area contributed by atoms with Gasteiger partial charge in [0.25, 0.3) is 0 Å². The van der Waals surface area contributed by atoms with Crippen molar-refractivity contribution in [2.45, 2.75) is 6.42 Å². The van der Waals surface area contributed by atoms with Gasteiger partial charge >= 0.3 is 0 Å². The highest BCUT2D eigenvalue weighted by Crippen LogP contribution is 2.19. The van der Waals surface area contributed by atoms with Crippen LogP contribution in [0.1, 0.15) is 5.76 Å². The third-order valence-corrected chi connectivity index (χ3v) is 1.88. The third kappa shape index (κ3) is 1.61. The van der Waals surface area contributed by atoms with Crippen LogP contribution in [0.3, 0.4) is 0 Å². The molecule has 0 bridgehead atoms. The third-order valence-electron chi connectivity index (χ3n) is 1.88. The summed E-state index contributed by atoms with van der Waals surface area (Å²) in [5.41, 5.74) is 0.852. The minimum absolute atomic E-state index is 0.505. The van der Waals surface area contributed by atoms with Crippen molar-refractivity contribution in [2.24, 2.45) is 0 Å². The molecule has 2 rings (SSSR count). The first-order chi connectivity index (χ1) is 6.40. The highest BCUT2D eigenvalue weighted by molar-refractivity contribution is 5.77. The van der Waals surface area contributed by atoms with Crippen molar-refractivity contribution in [1.29, 1.82) is 0 Å². The lowest BCUT2D eigenvalue weighted by atomic mass is 10.2. The Morgan fingerprint density at radius 2 is 2.15 bits per heavy atom. The van der Waals surface area contributed by atoms with Crippen molar-refractivity contribution in [1.82, 2.24) is 0 Å². The molecule has 0 fully saturated rings. The fourth-order valence-electron chi connectivity index (χ4n) is 1.30. The molecule has 0 aliphatic heterocycles. The van der Waals surface area contributed by atoms with Crippen LogP contribution in [-0.4, -0.2) is 0 Å². The second kappa shape index (κ2) is 3.44. The Hall–Kier alpha value is -1.57. The summed E-state index contributed by atoms with van der Waals surface area (Å²) in [7, 11) is 0. The maximum absolute atomic E-state index is 11.7. The van der Waals surface area contributed by atoms with Gasteiger partial charge in [0, 0.05) is 11.8 Å². The van der Waals surface area contributed by atoms with Gasteiger partial charge in [0.1, 0.15) is 11.3 Å². The molecule has 0 spiro atoms. The lowest BCUT2D eigenvalue weighted by Gasteiger charge is -1.85. The number of furan rings is 1. The molecule has 0 aliphatic rings. The predicted octanol–water partition coefficient (Wildman–Crippen LogP) is 3.46. The van der Waals surface area contributed by atoms with Crippen LogP contribution in [0.5, 0.6) is 0 Å². The molecular formula is C11H9FO. The maximum Gasteiger partial charge on any atom is 0.134 e. The summed E-state index contributed by atoms with van der Waals surface area (Å²) in [6.07, 6.45) is 2.47. The largest absolute Gasteiger partial charge is 0.461 e. The molecule has 13 heavy (non-hydrogen) atoms. The summed E-state index contributed by atoms with van der Waals surface area (Å²) in [4.78, 5) is 0. The van der Waals surface area contributed by atoms with Gasteiger partial charge in [0.15, 0.2) is 0 Å². The van der Waals surface area contributed by atoms with E-state index in [9.17, 15) is 4.39 Å². The first-order valence-electron chi connectivity index (χ1n) is 4.13. The van der Waals surface area contributed by atoms with Crippen molar-refractivity contribution < 1.29 is 8.81 Å². The number of halogens is 1. The lowest BCUT2D eigenvalue weighted by Crippen LogP contribution is -1.71. The average Bonchev–Trinajstić information content (AvgIpc) is 2.57. The van der Waals surface area contributed by atoms with Crippen LogP contribution in [0.2, 0.25) is 0 Å². The SMILES string of the molecule is FC=CCc1cc2ccccc2o1. The van der Waals surface area contributed by atoms with Crippen LogP contribution >= 0.6 is 0 Å². The van der Waals surface area contributed by atoms with Gasteiger partial charge in [-0.1, -0.05) is 18.2 Å². The van der Waals surface area contributed by atoms with E-state index in [1.54, 1.807) is 0 Å². The van der Waals surface area contributed by atoms with Crippen LogP contribution in [0.25, 0.3) is 11.0 Å². The molecular weight excluding hydrogens is 167 g/mol. The molecule has 0 unspecified atom stereocenters. The molecule has 2 aromatic rings. The average molecular weight is 176 g/mol. The summed E-state index contributed by atoms with van der Waals surface area (Å²) in [5, 5.41) is 1.06. The smallest absolute Gasteiger partial charge is 0.134 e. The van der Waals surface area contributed by atoms with E-state index in [0.29, 0.717) is 12.8 Å². The molecule has 1 aromatic carbocycles. The maximum atomic E-state index is 11.7. The van der Waals surface area contributed by atoms with Crippen LogP contribution in [-0.2, 0) is 6.42 Å². The highest BCUT2D eigenvalue weighted by atomic mass is 19.1. The van der Waals surface area contributed by atoms with Crippen molar-refractivity contribution in [3.05, 3.63) is 48.5 Å². The Morgan fingerprint density at radius 1 is 1.31 bits per heavy atom. The Bertz CT molecular complexity index is 395. The van der Waals surface area contributed by atoms with Gasteiger partial charge in [-0.2, -0.15) is 0 Å². The summed E-state index contributed by atoms with van der Waals surface area (Å²) < 4.78 is 17.2. The fourth-order valence-corrected chi connectivity index (χ4v) is 1.30. The topological polar surface area (TPSA) is 13.1 Å². The van der Waals surface area contributed by atoms with E-state index in [-0.39, 0.29) is 0 Å². The van der Waals surface area contributed by atoms with Gasteiger partial charge in [-0.15, -0.1) is 0 Å². The molecule has 0 atom stereocenters. The molecule has 1 aromatic heterocycles. The predicted molar refractivity (Wildman–Crippen MR) is 50.2 cm³/mol. The van der Waals surface area contributed by atoms with Crippen LogP contribution < -0.4 is 0 Å². The van der Waals surface area contributed by atoms with E-state index in [4.69, 9.17) is 4.42 Å². The van der Waals surface area contributed by atoms with Crippen LogP contribution in [0.15, 0.2) is 47.2 Å². The van der Waals surface area contributed by atoms with Crippen molar-refractivity contribution >= 4 is 11.0 Å². The molecule has 0 aliphatic carbocycles. The van der Waals surface area contributed by atoms with E-state index in [2.05, 4.69) is 0 Å². The molecule has 2 heteroatoms. The Balaban J connectivity index is 2.38. The molecule has 0 radical (unpaired) electrons. The minimum atomic E-state index is 0.505. The van der Waals surface area contributed by atoms with Gasteiger partial charge < -0.3 is 4.42 Å². The molecule has 0 saturated carbocycles. The Labute approximate surface area is 75.5 Å². The van der Waals surface area contributed by atoms with Gasteiger partial charge in [-0.3, -0.25) is 0 Å². The van der Waals surface area contributed by atoms with Crippen molar-refractivity contribution in [2.75, 3.05) is 0 Å². The monoisotopic (exact) mass is 176 g/mol. The molecule has 1 heterocycles. The van der Waals surface area contributed by atoms with Gasteiger partial charge in [-0.25, -0.2) is 4.39 Å². The van der Waals surface area contributed by atoms with Crippen molar-refractivity contribution in [3.63, 3.8) is 0 Å². The Kier molecular flexibility index (Phi) is 2.13. The molecule has 66 valence electrons. The van der Waals surface area contributed by atoms with Gasteiger partial charge in [-0.05, 0) is 18.2 Å². The first-order valence-corrected chi connectivity index (χ1v) is 4.13. The zero-order valence-corrected chi connectivity index (χ0v) is 7.03. The van der Waals surface area contributed by atoms with Crippen molar-refractivity contribution in [3.8, 4) is 0 Å². The molecule has 0 saturated heterocycles. The zero-order chi connectivity index (χ0) is 9.10. The number of hydrogen-bond donors (Lipinski definition) is 0. The number of allylic oxidation sites excluding steroid dienone is 1. The molecule has 0 amide bonds. The zero-order valence-electron chi connectivity index (χ0n) is 7.03. The van der Waals surface area contributed by atoms with E-state index >= 15 is 0 Å². The summed E-state index contributed by atoms with van der Waals surface area (Å²) in [5.74, 6) is 0.787. The lowest BCUT2D eigenvalue weighted by molar-refractivity contribution is 0.563. The van der Waals surface area contributed by atoms with Gasteiger partial charge in [0.2, 0.25) is 0 Å².